The second-order valence-corrected chi connectivity index (χ2v) is 4.46. The monoisotopic (exact) mass is 221 g/mol. The third-order valence-corrected chi connectivity index (χ3v) is 3.10. The first kappa shape index (κ1) is 11.2. The van der Waals surface area contributed by atoms with Crippen LogP contribution in [0.1, 0.15) is 44.4 Å². The van der Waals surface area contributed by atoms with Gasteiger partial charge in [-0.25, -0.2) is 0 Å². The first-order chi connectivity index (χ1) is 7.81. The van der Waals surface area contributed by atoms with Gasteiger partial charge in [-0.05, 0) is 25.2 Å². The molecule has 1 unspecified atom stereocenters. The summed E-state index contributed by atoms with van der Waals surface area (Å²) in [6.07, 6.45) is 6.16. The van der Waals surface area contributed by atoms with Crippen LogP contribution in [0.3, 0.4) is 0 Å². The number of nitrogens with one attached hydrogen (secondary N) is 1. The highest BCUT2D eigenvalue weighted by Gasteiger charge is 2.17. The average Bonchev–Trinajstić information content (AvgIpc) is 2.77. The van der Waals surface area contributed by atoms with E-state index in [9.17, 15) is 0 Å². The van der Waals surface area contributed by atoms with Crippen molar-refractivity contribution in [3.8, 4) is 0 Å². The standard InChI is InChI=1S/C12H19N3O/c1-3-9(2)8-16-15-12-6-4-5-11-10(12)7-13-14-11/h7,9H,3-6,8H2,1-2H3,(H,13,14)/b15-12-. The summed E-state index contributed by atoms with van der Waals surface area (Å²) in [5.41, 5.74) is 3.37. The molecule has 16 heavy (non-hydrogen) atoms. The van der Waals surface area contributed by atoms with Gasteiger partial charge in [0.2, 0.25) is 0 Å². The molecule has 0 fully saturated rings. The maximum atomic E-state index is 5.40. The largest absolute Gasteiger partial charge is 0.395 e. The van der Waals surface area contributed by atoms with E-state index in [1.54, 1.807) is 0 Å². The molecule has 88 valence electrons. The number of hydrogen-bond acceptors (Lipinski definition) is 3. The van der Waals surface area contributed by atoms with Crippen molar-refractivity contribution in [2.75, 3.05) is 6.61 Å². The van der Waals surface area contributed by atoms with Crippen LogP contribution in [0.4, 0.5) is 0 Å². The zero-order valence-electron chi connectivity index (χ0n) is 9.99. The topological polar surface area (TPSA) is 50.3 Å². The van der Waals surface area contributed by atoms with E-state index in [0.29, 0.717) is 12.5 Å². The van der Waals surface area contributed by atoms with E-state index in [1.807, 2.05) is 6.20 Å². The predicted molar refractivity (Wildman–Crippen MR) is 63.5 cm³/mol. The van der Waals surface area contributed by atoms with E-state index in [-0.39, 0.29) is 0 Å². The zero-order valence-corrected chi connectivity index (χ0v) is 9.99. The summed E-state index contributed by atoms with van der Waals surface area (Å²) in [4.78, 5) is 5.40. The molecule has 1 aromatic rings. The lowest BCUT2D eigenvalue weighted by Gasteiger charge is -2.13. The minimum Gasteiger partial charge on any atom is -0.395 e. The van der Waals surface area contributed by atoms with Crippen LogP contribution in [0.15, 0.2) is 11.4 Å². The first-order valence-electron chi connectivity index (χ1n) is 6.02. The number of rotatable bonds is 4. The van der Waals surface area contributed by atoms with E-state index in [2.05, 4.69) is 29.2 Å². The van der Waals surface area contributed by atoms with E-state index >= 15 is 0 Å². The molecule has 0 radical (unpaired) electrons. The molecule has 1 aromatic heterocycles. The van der Waals surface area contributed by atoms with Crippen molar-refractivity contribution in [1.29, 1.82) is 0 Å². The van der Waals surface area contributed by atoms with Crippen molar-refractivity contribution in [3.05, 3.63) is 17.5 Å². The Labute approximate surface area is 96.1 Å². The van der Waals surface area contributed by atoms with Gasteiger partial charge in [0, 0.05) is 11.3 Å². The van der Waals surface area contributed by atoms with Gasteiger partial charge in [-0.2, -0.15) is 5.10 Å². The third kappa shape index (κ3) is 2.43. The molecule has 0 spiro atoms. The Morgan fingerprint density at radius 3 is 3.25 bits per heavy atom. The van der Waals surface area contributed by atoms with Crippen LogP contribution in [0.5, 0.6) is 0 Å². The first-order valence-corrected chi connectivity index (χ1v) is 6.02. The molecule has 4 heteroatoms. The number of aromatic amines is 1. The number of hydrogen-bond donors (Lipinski definition) is 1. The molecule has 0 amide bonds. The van der Waals surface area contributed by atoms with Crippen LogP contribution < -0.4 is 0 Å². The highest BCUT2D eigenvalue weighted by molar-refractivity contribution is 6.01. The lowest BCUT2D eigenvalue weighted by Crippen LogP contribution is -2.12. The molecular formula is C12H19N3O. The van der Waals surface area contributed by atoms with Gasteiger partial charge in [0.1, 0.15) is 6.61 Å². The van der Waals surface area contributed by atoms with E-state index in [4.69, 9.17) is 4.84 Å². The van der Waals surface area contributed by atoms with Crippen molar-refractivity contribution in [2.24, 2.45) is 11.1 Å². The molecule has 4 nitrogen and oxygen atoms in total. The van der Waals surface area contributed by atoms with Gasteiger partial charge in [0.05, 0.1) is 11.9 Å². The smallest absolute Gasteiger partial charge is 0.119 e. The molecule has 0 aromatic carbocycles. The molecule has 0 aliphatic heterocycles. The maximum Gasteiger partial charge on any atom is 0.119 e. The second-order valence-electron chi connectivity index (χ2n) is 4.46. The van der Waals surface area contributed by atoms with Crippen molar-refractivity contribution >= 4 is 5.71 Å². The molecule has 2 rings (SSSR count). The normalized spacial score (nSPS) is 19.5. The van der Waals surface area contributed by atoms with Crippen molar-refractivity contribution < 1.29 is 4.84 Å². The van der Waals surface area contributed by atoms with Gasteiger partial charge in [0.25, 0.3) is 0 Å². The maximum absolute atomic E-state index is 5.40. The fraction of sp³-hybridized carbons (Fsp3) is 0.667. The summed E-state index contributed by atoms with van der Waals surface area (Å²) in [7, 11) is 0. The van der Waals surface area contributed by atoms with E-state index < -0.39 is 0 Å². The minimum atomic E-state index is 0.566. The Morgan fingerprint density at radius 2 is 2.44 bits per heavy atom. The summed E-state index contributed by atoms with van der Waals surface area (Å²) in [6.45, 7) is 5.04. The van der Waals surface area contributed by atoms with Crippen LogP contribution in [0.25, 0.3) is 0 Å². The lowest BCUT2D eigenvalue weighted by atomic mass is 9.96. The van der Waals surface area contributed by atoms with Crippen LogP contribution in [-0.4, -0.2) is 22.5 Å². The number of oxime groups is 1. The minimum absolute atomic E-state index is 0.566. The van der Waals surface area contributed by atoms with E-state index in [0.717, 1.165) is 37.0 Å². The molecule has 1 heterocycles. The van der Waals surface area contributed by atoms with Crippen LogP contribution in [-0.2, 0) is 11.3 Å². The second kappa shape index (κ2) is 5.14. The summed E-state index contributed by atoms with van der Waals surface area (Å²) >= 11 is 0. The molecule has 0 saturated heterocycles. The van der Waals surface area contributed by atoms with Crippen molar-refractivity contribution in [3.63, 3.8) is 0 Å². The van der Waals surface area contributed by atoms with Crippen LogP contribution in [0.2, 0.25) is 0 Å². The summed E-state index contributed by atoms with van der Waals surface area (Å²) < 4.78 is 0. The van der Waals surface area contributed by atoms with Crippen LogP contribution in [0, 0.1) is 5.92 Å². The number of aryl methyl sites for hydroxylation is 1. The quantitative estimate of drug-likeness (QED) is 0.794. The number of aromatic nitrogens is 2. The highest BCUT2D eigenvalue weighted by Crippen LogP contribution is 2.19. The van der Waals surface area contributed by atoms with Gasteiger partial charge < -0.3 is 4.84 Å². The summed E-state index contributed by atoms with van der Waals surface area (Å²) in [5, 5.41) is 11.3. The number of fused-ring (bicyclic) bond motifs is 1. The molecule has 1 aliphatic rings. The predicted octanol–water partition coefficient (Wildman–Crippen LogP) is 2.51. The van der Waals surface area contributed by atoms with Crippen molar-refractivity contribution in [1.82, 2.24) is 10.2 Å². The van der Waals surface area contributed by atoms with Gasteiger partial charge in [-0.1, -0.05) is 25.4 Å². The fourth-order valence-electron chi connectivity index (χ4n) is 1.77. The number of nitrogens with zero attached hydrogens (tertiary/aromatic N) is 2. The molecule has 1 N–H and O–H groups in total. The Kier molecular flexibility index (Phi) is 3.59. The van der Waals surface area contributed by atoms with Gasteiger partial charge in [0.15, 0.2) is 0 Å². The average molecular weight is 221 g/mol. The van der Waals surface area contributed by atoms with Crippen LogP contribution >= 0.6 is 0 Å². The van der Waals surface area contributed by atoms with Gasteiger partial charge >= 0.3 is 0 Å². The Morgan fingerprint density at radius 1 is 1.56 bits per heavy atom. The third-order valence-electron chi connectivity index (χ3n) is 3.10. The Balaban J connectivity index is 1.98. The SMILES string of the molecule is CCC(C)CO/N=C1/CCCc2[nH]ncc21. The molecular weight excluding hydrogens is 202 g/mol. The van der Waals surface area contributed by atoms with Crippen molar-refractivity contribution in [2.45, 2.75) is 39.5 Å². The Bertz CT molecular complexity index is 370. The fourth-order valence-corrected chi connectivity index (χ4v) is 1.77. The Hall–Kier alpha value is -1.32. The van der Waals surface area contributed by atoms with Gasteiger partial charge in [-0.15, -0.1) is 0 Å². The summed E-state index contributed by atoms with van der Waals surface area (Å²) in [6, 6.07) is 0. The molecule has 0 saturated carbocycles. The molecule has 1 aliphatic carbocycles. The molecule has 1 atom stereocenters. The zero-order chi connectivity index (χ0) is 11.4. The van der Waals surface area contributed by atoms with E-state index in [1.165, 1.54) is 5.69 Å². The lowest BCUT2D eigenvalue weighted by molar-refractivity contribution is 0.111. The summed E-state index contributed by atoms with van der Waals surface area (Å²) in [5.74, 6) is 0.566. The van der Waals surface area contributed by atoms with Gasteiger partial charge in [-0.3, -0.25) is 5.10 Å². The number of H-pyrrole nitrogens is 1. The highest BCUT2D eigenvalue weighted by atomic mass is 16.6. The molecule has 0 bridgehead atoms.